The lowest BCUT2D eigenvalue weighted by Crippen LogP contribution is -2.31. The van der Waals surface area contributed by atoms with Crippen LogP contribution in [0.15, 0.2) is 48.5 Å². The predicted molar refractivity (Wildman–Crippen MR) is 93.7 cm³/mol. The summed E-state index contributed by atoms with van der Waals surface area (Å²) in [6.45, 7) is 11.2. The van der Waals surface area contributed by atoms with Crippen molar-refractivity contribution in [3.63, 3.8) is 0 Å². The standard InChI is InChI=1S/C20H25NO/c1-6-21(18-10-8-7-9-15(18)2)19(22)16-11-13-17(14-12-16)20(3,4)5/h7-14H,6H2,1-5H3. The van der Waals surface area contributed by atoms with E-state index in [1.807, 2.05) is 55.1 Å². The Morgan fingerprint density at radius 3 is 2.09 bits per heavy atom. The molecule has 0 spiro atoms. The third-order valence-electron chi connectivity index (χ3n) is 3.97. The van der Waals surface area contributed by atoms with Crippen molar-refractivity contribution >= 4 is 11.6 Å². The van der Waals surface area contributed by atoms with Crippen LogP contribution in [0, 0.1) is 6.92 Å². The molecule has 0 aliphatic carbocycles. The van der Waals surface area contributed by atoms with E-state index in [4.69, 9.17) is 0 Å². The fourth-order valence-corrected chi connectivity index (χ4v) is 2.56. The second kappa shape index (κ2) is 6.35. The fourth-order valence-electron chi connectivity index (χ4n) is 2.56. The number of hydrogen-bond donors (Lipinski definition) is 0. The molecule has 0 heterocycles. The SMILES string of the molecule is CCN(C(=O)c1ccc(C(C)(C)C)cc1)c1ccccc1C. The summed E-state index contributed by atoms with van der Waals surface area (Å²) < 4.78 is 0. The van der Waals surface area contributed by atoms with E-state index in [-0.39, 0.29) is 11.3 Å². The van der Waals surface area contributed by atoms with E-state index in [2.05, 4.69) is 32.9 Å². The van der Waals surface area contributed by atoms with Gasteiger partial charge in [-0.05, 0) is 48.6 Å². The molecule has 0 aliphatic rings. The number of anilines is 1. The number of benzene rings is 2. The molecule has 2 heteroatoms. The van der Waals surface area contributed by atoms with Crippen molar-refractivity contribution in [3.05, 3.63) is 65.2 Å². The van der Waals surface area contributed by atoms with Crippen molar-refractivity contribution < 1.29 is 4.79 Å². The van der Waals surface area contributed by atoms with Gasteiger partial charge in [0.2, 0.25) is 0 Å². The Labute approximate surface area is 133 Å². The molecule has 0 atom stereocenters. The number of para-hydroxylation sites is 1. The molecule has 2 nitrogen and oxygen atoms in total. The van der Waals surface area contributed by atoms with E-state index in [1.165, 1.54) is 5.56 Å². The molecule has 0 bridgehead atoms. The summed E-state index contributed by atoms with van der Waals surface area (Å²) in [4.78, 5) is 14.7. The summed E-state index contributed by atoms with van der Waals surface area (Å²) >= 11 is 0. The van der Waals surface area contributed by atoms with Crippen LogP contribution in [0.5, 0.6) is 0 Å². The largest absolute Gasteiger partial charge is 0.308 e. The molecule has 22 heavy (non-hydrogen) atoms. The van der Waals surface area contributed by atoms with E-state index in [1.54, 1.807) is 0 Å². The second-order valence-electron chi connectivity index (χ2n) is 6.66. The zero-order valence-corrected chi connectivity index (χ0v) is 14.2. The first kappa shape index (κ1) is 16.3. The Bertz CT molecular complexity index is 650. The number of rotatable bonds is 3. The van der Waals surface area contributed by atoms with Crippen LogP contribution >= 0.6 is 0 Å². The maximum Gasteiger partial charge on any atom is 0.258 e. The molecule has 0 radical (unpaired) electrons. The molecular weight excluding hydrogens is 270 g/mol. The molecule has 2 aromatic rings. The average molecular weight is 295 g/mol. The summed E-state index contributed by atoms with van der Waals surface area (Å²) in [6, 6.07) is 16.0. The van der Waals surface area contributed by atoms with Gasteiger partial charge in [-0.1, -0.05) is 51.1 Å². The molecule has 2 aromatic carbocycles. The van der Waals surface area contributed by atoms with Gasteiger partial charge in [0, 0.05) is 17.8 Å². The summed E-state index contributed by atoms with van der Waals surface area (Å²) in [6.07, 6.45) is 0. The van der Waals surface area contributed by atoms with E-state index < -0.39 is 0 Å². The van der Waals surface area contributed by atoms with Gasteiger partial charge >= 0.3 is 0 Å². The van der Waals surface area contributed by atoms with Gasteiger partial charge in [0.15, 0.2) is 0 Å². The number of carbonyl (C=O) groups is 1. The lowest BCUT2D eigenvalue weighted by Gasteiger charge is -2.24. The first-order valence-electron chi connectivity index (χ1n) is 7.82. The lowest BCUT2D eigenvalue weighted by atomic mass is 9.86. The van der Waals surface area contributed by atoms with Gasteiger partial charge in [-0.15, -0.1) is 0 Å². The van der Waals surface area contributed by atoms with Gasteiger partial charge in [0.05, 0.1) is 0 Å². The Morgan fingerprint density at radius 1 is 1.00 bits per heavy atom. The van der Waals surface area contributed by atoms with E-state index in [0.717, 1.165) is 16.8 Å². The molecule has 0 fully saturated rings. The molecular formula is C20H25NO. The van der Waals surface area contributed by atoms with E-state index in [0.29, 0.717) is 6.54 Å². The summed E-state index contributed by atoms with van der Waals surface area (Å²) in [5, 5.41) is 0. The lowest BCUT2D eigenvalue weighted by molar-refractivity contribution is 0.0988. The Kier molecular flexibility index (Phi) is 4.70. The van der Waals surface area contributed by atoms with Crippen molar-refractivity contribution in [2.75, 3.05) is 11.4 Å². The first-order chi connectivity index (χ1) is 10.3. The monoisotopic (exact) mass is 295 g/mol. The second-order valence-corrected chi connectivity index (χ2v) is 6.66. The number of nitrogens with zero attached hydrogens (tertiary/aromatic N) is 1. The number of amides is 1. The van der Waals surface area contributed by atoms with Gasteiger partial charge in [-0.25, -0.2) is 0 Å². The van der Waals surface area contributed by atoms with Crippen LogP contribution in [0.4, 0.5) is 5.69 Å². The van der Waals surface area contributed by atoms with Crippen LogP contribution in [0.1, 0.15) is 49.2 Å². The zero-order valence-electron chi connectivity index (χ0n) is 14.2. The molecule has 116 valence electrons. The summed E-state index contributed by atoms with van der Waals surface area (Å²) in [7, 11) is 0. The van der Waals surface area contributed by atoms with Crippen molar-refractivity contribution in [2.24, 2.45) is 0 Å². The molecule has 0 unspecified atom stereocenters. The maximum absolute atomic E-state index is 12.8. The molecule has 0 aliphatic heterocycles. The summed E-state index contributed by atoms with van der Waals surface area (Å²) in [5.41, 5.74) is 4.17. The van der Waals surface area contributed by atoms with Crippen LogP contribution in [-0.4, -0.2) is 12.5 Å². The Morgan fingerprint density at radius 2 is 1.59 bits per heavy atom. The van der Waals surface area contributed by atoms with Gasteiger partial charge in [-0.3, -0.25) is 4.79 Å². The zero-order chi connectivity index (χ0) is 16.3. The third kappa shape index (κ3) is 3.38. The fraction of sp³-hybridized carbons (Fsp3) is 0.350. The van der Waals surface area contributed by atoms with Crippen LogP contribution in [-0.2, 0) is 5.41 Å². The third-order valence-corrected chi connectivity index (χ3v) is 3.97. The molecule has 0 saturated heterocycles. The predicted octanol–water partition coefficient (Wildman–Crippen LogP) is 4.96. The number of carbonyl (C=O) groups excluding carboxylic acids is 1. The van der Waals surface area contributed by atoms with E-state index >= 15 is 0 Å². The molecule has 0 N–H and O–H groups in total. The minimum atomic E-state index is 0.0530. The highest BCUT2D eigenvalue weighted by molar-refractivity contribution is 6.06. The van der Waals surface area contributed by atoms with Crippen molar-refractivity contribution in [3.8, 4) is 0 Å². The minimum absolute atomic E-state index is 0.0530. The maximum atomic E-state index is 12.8. The molecule has 0 saturated carbocycles. The molecule has 1 amide bonds. The van der Waals surface area contributed by atoms with Crippen LogP contribution in [0.25, 0.3) is 0 Å². The van der Waals surface area contributed by atoms with Crippen LogP contribution in [0.3, 0.4) is 0 Å². The smallest absolute Gasteiger partial charge is 0.258 e. The highest BCUT2D eigenvalue weighted by Crippen LogP contribution is 2.24. The quantitative estimate of drug-likeness (QED) is 0.783. The first-order valence-corrected chi connectivity index (χ1v) is 7.82. The topological polar surface area (TPSA) is 20.3 Å². The minimum Gasteiger partial charge on any atom is -0.308 e. The van der Waals surface area contributed by atoms with Gasteiger partial charge in [-0.2, -0.15) is 0 Å². The number of hydrogen-bond acceptors (Lipinski definition) is 1. The van der Waals surface area contributed by atoms with Crippen LogP contribution < -0.4 is 4.90 Å². The number of aryl methyl sites for hydroxylation is 1. The van der Waals surface area contributed by atoms with Crippen molar-refractivity contribution in [2.45, 2.75) is 40.0 Å². The molecule has 2 rings (SSSR count). The molecule has 0 aromatic heterocycles. The Hall–Kier alpha value is -2.09. The normalized spacial score (nSPS) is 11.3. The highest BCUT2D eigenvalue weighted by atomic mass is 16.2. The van der Waals surface area contributed by atoms with Gasteiger partial charge in [0.1, 0.15) is 0 Å². The average Bonchev–Trinajstić information content (AvgIpc) is 2.49. The van der Waals surface area contributed by atoms with Crippen molar-refractivity contribution in [1.29, 1.82) is 0 Å². The van der Waals surface area contributed by atoms with Crippen LogP contribution in [0.2, 0.25) is 0 Å². The Balaban J connectivity index is 2.32. The summed E-state index contributed by atoms with van der Waals surface area (Å²) in [5.74, 6) is 0.0530. The van der Waals surface area contributed by atoms with Gasteiger partial charge < -0.3 is 4.90 Å². The highest BCUT2D eigenvalue weighted by Gasteiger charge is 2.19. The van der Waals surface area contributed by atoms with Gasteiger partial charge in [0.25, 0.3) is 5.91 Å². The van der Waals surface area contributed by atoms with E-state index in [9.17, 15) is 4.79 Å². The van der Waals surface area contributed by atoms with Crippen molar-refractivity contribution in [1.82, 2.24) is 0 Å².